The Balaban J connectivity index is 1.78. The van der Waals surface area contributed by atoms with E-state index in [2.05, 4.69) is 17.1 Å². The number of piperidine rings is 1. The van der Waals surface area contributed by atoms with Gasteiger partial charge in [0, 0.05) is 13.1 Å². The summed E-state index contributed by atoms with van der Waals surface area (Å²) in [7, 11) is -3.40. The Morgan fingerprint density at radius 1 is 1.09 bits per heavy atom. The van der Waals surface area contributed by atoms with Crippen LogP contribution in [0.25, 0.3) is 5.69 Å². The predicted octanol–water partition coefficient (Wildman–Crippen LogP) is 2.08. The number of hydrogen-bond donors (Lipinski definition) is 0. The molecule has 118 valence electrons. The van der Waals surface area contributed by atoms with Crippen molar-refractivity contribution in [2.45, 2.75) is 31.1 Å². The molecule has 0 unspecified atom stereocenters. The molecule has 7 heteroatoms. The zero-order chi connectivity index (χ0) is 15.6. The Hall–Kier alpha value is -1.73. The molecule has 0 radical (unpaired) electrons. The highest BCUT2D eigenvalue weighted by Gasteiger charge is 2.28. The molecule has 0 amide bonds. The third kappa shape index (κ3) is 2.91. The Bertz CT molecular complexity index is 703. The standard InChI is InChI=1S/C15H20N4O2S/c1-2-13-7-11-18(12-8-13)22(20,21)15-5-3-14(4-6-15)19-16-9-10-17-19/h3-6,9-10,13H,2,7-8,11-12H2,1H3. The van der Waals surface area contributed by atoms with Crippen LogP contribution in [0.2, 0.25) is 0 Å². The number of aromatic nitrogens is 3. The van der Waals surface area contributed by atoms with Gasteiger partial charge in [-0.15, -0.1) is 0 Å². The van der Waals surface area contributed by atoms with E-state index >= 15 is 0 Å². The fourth-order valence-corrected chi connectivity index (χ4v) is 4.28. The molecule has 1 fully saturated rings. The van der Waals surface area contributed by atoms with Crippen LogP contribution in [0.3, 0.4) is 0 Å². The molecule has 1 aliphatic heterocycles. The molecule has 0 aliphatic carbocycles. The van der Waals surface area contributed by atoms with Crippen LogP contribution in [-0.2, 0) is 10.0 Å². The van der Waals surface area contributed by atoms with E-state index in [-0.39, 0.29) is 0 Å². The molecule has 2 aromatic rings. The van der Waals surface area contributed by atoms with Crippen molar-refractivity contribution in [1.82, 2.24) is 19.3 Å². The zero-order valence-corrected chi connectivity index (χ0v) is 13.4. The average Bonchev–Trinajstić information content (AvgIpc) is 3.09. The fraction of sp³-hybridized carbons (Fsp3) is 0.467. The molecule has 1 aliphatic rings. The van der Waals surface area contributed by atoms with Crippen LogP contribution in [0, 0.1) is 5.92 Å². The minimum absolute atomic E-state index is 0.332. The van der Waals surface area contributed by atoms with Crippen molar-refractivity contribution in [3.63, 3.8) is 0 Å². The van der Waals surface area contributed by atoms with Gasteiger partial charge in [0.2, 0.25) is 10.0 Å². The van der Waals surface area contributed by atoms with Gasteiger partial charge in [-0.25, -0.2) is 8.42 Å². The summed E-state index contributed by atoms with van der Waals surface area (Å²) in [5, 5.41) is 8.06. The molecular formula is C15H20N4O2S. The summed E-state index contributed by atoms with van der Waals surface area (Å²) in [6, 6.07) is 6.71. The van der Waals surface area contributed by atoms with Crippen molar-refractivity contribution < 1.29 is 8.42 Å². The van der Waals surface area contributed by atoms with Gasteiger partial charge in [-0.05, 0) is 43.0 Å². The van der Waals surface area contributed by atoms with Crippen molar-refractivity contribution in [3.8, 4) is 5.69 Å². The third-order valence-electron chi connectivity index (χ3n) is 4.28. The summed E-state index contributed by atoms with van der Waals surface area (Å²) in [6.45, 7) is 3.39. The maximum absolute atomic E-state index is 12.7. The monoisotopic (exact) mass is 320 g/mol. The van der Waals surface area contributed by atoms with Gasteiger partial charge in [0.25, 0.3) is 0 Å². The largest absolute Gasteiger partial charge is 0.243 e. The Labute approximate surface area is 130 Å². The fourth-order valence-electron chi connectivity index (χ4n) is 2.81. The lowest BCUT2D eigenvalue weighted by Gasteiger charge is -2.30. The number of nitrogens with zero attached hydrogens (tertiary/aromatic N) is 4. The third-order valence-corrected chi connectivity index (χ3v) is 6.19. The lowest BCUT2D eigenvalue weighted by Crippen LogP contribution is -2.38. The molecule has 22 heavy (non-hydrogen) atoms. The SMILES string of the molecule is CCC1CCN(S(=O)(=O)c2ccc(-n3nccn3)cc2)CC1. The molecule has 6 nitrogen and oxygen atoms in total. The lowest BCUT2D eigenvalue weighted by molar-refractivity contribution is 0.269. The number of benzene rings is 1. The second-order valence-electron chi connectivity index (χ2n) is 5.57. The Kier molecular flexibility index (Phi) is 4.26. The predicted molar refractivity (Wildman–Crippen MR) is 83.1 cm³/mol. The van der Waals surface area contributed by atoms with Crippen LogP contribution in [0.4, 0.5) is 0 Å². The summed E-state index contributed by atoms with van der Waals surface area (Å²) in [6.07, 6.45) is 6.20. The molecule has 1 aromatic heterocycles. The highest BCUT2D eigenvalue weighted by molar-refractivity contribution is 7.89. The lowest BCUT2D eigenvalue weighted by atomic mass is 9.96. The normalized spacial score (nSPS) is 17.7. The minimum atomic E-state index is -3.40. The smallest absolute Gasteiger partial charge is 0.207 e. The van der Waals surface area contributed by atoms with Crippen molar-refractivity contribution in [2.75, 3.05) is 13.1 Å². The van der Waals surface area contributed by atoms with Crippen LogP contribution in [-0.4, -0.2) is 40.8 Å². The van der Waals surface area contributed by atoms with E-state index < -0.39 is 10.0 Å². The van der Waals surface area contributed by atoms with Crippen LogP contribution in [0.5, 0.6) is 0 Å². The van der Waals surface area contributed by atoms with Crippen LogP contribution in [0.15, 0.2) is 41.6 Å². The zero-order valence-electron chi connectivity index (χ0n) is 12.6. The van der Waals surface area contributed by atoms with Crippen molar-refractivity contribution >= 4 is 10.0 Å². The Morgan fingerprint density at radius 2 is 1.68 bits per heavy atom. The number of hydrogen-bond acceptors (Lipinski definition) is 4. The van der Waals surface area contributed by atoms with E-state index in [1.54, 1.807) is 41.0 Å². The molecule has 0 N–H and O–H groups in total. The number of rotatable bonds is 4. The molecule has 1 saturated heterocycles. The molecule has 1 aromatic carbocycles. The van der Waals surface area contributed by atoms with Gasteiger partial charge < -0.3 is 0 Å². The van der Waals surface area contributed by atoms with Gasteiger partial charge in [0.15, 0.2) is 0 Å². The highest BCUT2D eigenvalue weighted by atomic mass is 32.2. The summed E-state index contributed by atoms with van der Waals surface area (Å²) >= 11 is 0. The average molecular weight is 320 g/mol. The van der Waals surface area contributed by atoms with Crippen LogP contribution >= 0.6 is 0 Å². The molecule has 0 saturated carbocycles. The van der Waals surface area contributed by atoms with Crippen LogP contribution < -0.4 is 0 Å². The van der Waals surface area contributed by atoms with Gasteiger partial charge in [-0.1, -0.05) is 13.3 Å². The van der Waals surface area contributed by atoms with Crippen molar-refractivity contribution in [2.24, 2.45) is 5.92 Å². The summed E-state index contributed by atoms with van der Waals surface area (Å²) in [5.41, 5.74) is 0.744. The topological polar surface area (TPSA) is 68.1 Å². The second kappa shape index (κ2) is 6.18. The molecule has 3 rings (SSSR count). The summed E-state index contributed by atoms with van der Waals surface area (Å²) < 4.78 is 26.9. The van der Waals surface area contributed by atoms with E-state index in [1.165, 1.54) is 4.80 Å². The van der Waals surface area contributed by atoms with Crippen molar-refractivity contribution in [1.29, 1.82) is 0 Å². The summed E-state index contributed by atoms with van der Waals surface area (Å²) in [5.74, 6) is 0.653. The molecular weight excluding hydrogens is 300 g/mol. The maximum atomic E-state index is 12.7. The second-order valence-corrected chi connectivity index (χ2v) is 7.51. The highest BCUT2D eigenvalue weighted by Crippen LogP contribution is 2.25. The van der Waals surface area contributed by atoms with E-state index in [4.69, 9.17) is 0 Å². The van der Waals surface area contributed by atoms with E-state index in [1.807, 2.05) is 0 Å². The maximum Gasteiger partial charge on any atom is 0.243 e. The van der Waals surface area contributed by atoms with E-state index in [9.17, 15) is 8.42 Å². The van der Waals surface area contributed by atoms with Gasteiger partial charge in [0.1, 0.15) is 0 Å². The van der Waals surface area contributed by atoms with E-state index in [0.29, 0.717) is 23.9 Å². The first kappa shape index (κ1) is 15.2. The molecule has 2 heterocycles. The number of sulfonamides is 1. The first-order valence-electron chi connectivity index (χ1n) is 7.58. The molecule has 0 atom stereocenters. The van der Waals surface area contributed by atoms with Gasteiger partial charge in [-0.3, -0.25) is 0 Å². The van der Waals surface area contributed by atoms with Crippen molar-refractivity contribution in [3.05, 3.63) is 36.7 Å². The van der Waals surface area contributed by atoms with Gasteiger partial charge in [-0.2, -0.15) is 19.3 Å². The molecule has 0 spiro atoms. The molecule has 0 bridgehead atoms. The first-order valence-corrected chi connectivity index (χ1v) is 9.02. The van der Waals surface area contributed by atoms with Gasteiger partial charge in [0.05, 0.1) is 23.0 Å². The quantitative estimate of drug-likeness (QED) is 0.865. The Morgan fingerprint density at radius 3 is 2.23 bits per heavy atom. The first-order chi connectivity index (χ1) is 10.6. The van der Waals surface area contributed by atoms with E-state index in [0.717, 1.165) is 24.9 Å². The van der Waals surface area contributed by atoms with Crippen LogP contribution in [0.1, 0.15) is 26.2 Å². The summed E-state index contributed by atoms with van der Waals surface area (Å²) in [4.78, 5) is 1.79. The minimum Gasteiger partial charge on any atom is -0.207 e. The van der Waals surface area contributed by atoms with Gasteiger partial charge >= 0.3 is 0 Å².